The number of carbonyl (C=O) groups is 4. The predicted molar refractivity (Wildman–Crippen MR) is 111 cm³/mol. The van der Waals surface area contributed by atoms with Gasteiger partial charge in [-0.3, -0.25) is 19.3 Å². The largest absolute Gasteiger partial charge is 0.451 e. The fourth-order valence-corrected chi connectivity index (χ4v) is 3.34. The van der Waals surface area contributed by atoms with Crippen LogP contribution in [0.3, 0.4) is 0 Å². The zero-order valence-electron chi connectivity index (χ0n) is 17.1. The SMILES string of the molecule is CC[C@H](C)[C@@H](C(=O)O[C@H](C)C(=O)Nc1ccccc1)N1C(=O)c2ccccc2C1=O. The lowest BCUT2D eigenvalue weighted by Gasteiger charge is -2.29. The van der Waals surface area contributed by atoms with Crippen molar-refractivity contribution in [2.45, 2.75) is 39.3 Å². The number of hydrogen-bond acceptors (Lipinski definition) is 5. The van der Waals surface area contributed by atoms with Gasteiger partial charge in [0, 0.05) is 5.69 Å². The Labute approximate surface area is 175 Å². The summed E-state index contributed by atoms with van der Waals surface area (Å²) in [7, 11) is 0. The minimum absolute atomic E-state index is 0.262. The molecule has 3 rings (SSSR count). The molecule has 1 heterocycles. The van der Waals surface area contributed by atoms with Gasteiger partial charge in [0.15, 0.2) is 6.10 Å². The van der Waals surface area contributed by atoms with Crippen molar-refractivity contribution in [3.8, 4) is 0 Å². The molecule has 0 unspecified atom stereocenters. The van der Waals surface area contributed by atoms with Crippen molar-refractivity contribution in [3.05, 3.63) is 65.7 Å². The van der Waals surface area contributed by atoms with E-state index in [0.29, 0.717) is 12.1 Å². The Hall–Kier alpha value is -3.48. The number of imide groups is 1. The molecule has 0 aliphatic carbocycles. The van der Waals surface area contributed by atoms with Gasteiger partial charge in [-0.1, -0.05) is 50.6 Å². The minimum atomic E-state index is -1.12. The van der Waals surface area contributed by atoms with Gasteiger partial charge < -0.3 is 10.1 Å². The van der Waals surface area contributed by atoms with Crippen LogP contribution in [0.2, 0.25) is 0 Å². The molecular formula is C23H24N2O5. The van der Waals surface area contributed by atoms with Crippen molar-refractivity contribution in [3.63, 3.8) is 0 Å². The summed E-state index contributed by atoms with van der Waals surface area (Å²) in [4.78, 5) is 52.1. The van der Waals surface area contributed by atoms with E-state index in [2.05, 4.69) is 5.32 Å². The van der Waals surface area contributed by atoms with E-state index in [1.807, 2.05) is 13.0 Å². The van der Waals surface area contributed by atoms with Crippen LogP contribution >= 0.6 is 0 Å². The molecule has 0 saturated carbocycles. The first kappa shape index (κ1) is 21.2. The number of ether oxygens (including phenoxy) is 1. The first-order valence-electron chi connectivity index (χ1n) is 9.88. The molecule has 1 N–H and O–H groups in total. The summed E-state index contributed by atoms with van der Waals surface area (Å²) in [6, 6.07) is 14.1. The van der Waals surface area contributed by atoms with Crippen molar-refractivity contribution in [1.82, 2.24) is 4.90 Å². The molecular weight excluding hydrogens is 384 g/mol. The molecule has 1 aliphatic heterocycles. The monoisotopic (exact) mass is 408 g/mol. The molecule has 156 valence electrons. The zero-order chi connectivity index (χ0) is 21.8. The Kier molecular flexibility index (Phi) is 6.30. The molecule has 0 fully saturated rings. The fourth-order valence-electron chi connectivity index (χ4n) is 3.34. The highest BCUT2D eigenvalue weighted by Crippen LogP contribution is 2.29. The topological polar surface area (TPSA) is 92.8 Å². The van der Waals surface area contributed by atoms with Crippen LogP contribution in [-0.4, -0.2) is 40.7 Å². The van der Waals surface area contributed by atoms with Crippen LogP contribution in [0.15, 0.2) is 54.6 Å². The van der Waals surface area contributed by atoms with Crippen molar-refractivity contribution in [2.75, 3.05) is 5.32 Å². The highest BCUT2D eigenvalue weighted by atomic mass is 16.5. The van der Waals surface area contributed by atoms with Crippen LogP contribution in [0, 0.1) is 5.92 Å². The van der Waals surface area contributed by atoms with Crippen LogP contribution in [0.4, 0.5) is 5.69 Å². The number of fused-ring (bicyclic) bond motifs is 1. The molecule has 3 atom stereocenters. The number of nitrogens with zero attached hydrogens (tertiary/aromatic N) is 1. The lowest BCUT2D eigenvalue weighted by molar-refractivity contribution is -0.158. The van der Waals surface area contributed by atoms with Crippen molar-refractivity contribution in [1.29, 1.82) is 0 Å². The molecule has 30 heavy (non-hydrogen) atoms. The Morgan fingerprint density at radius 2 is 1.47 bits per heavy atom. The number of nitrogens with one attached hydrogen (secondary N) is 1. The number of amides is 3. The minimum Gasteiger partial charge on any atom is -0.451 e. The first-order chi connectivity index (χ1) is 14.3. The standard InChI is InChI=1S/C23H24N2O5/c1-4-14(2)19(25-21(27)17-12-8-9-13-18(17)22(25)28)23(29)30-15(3)20(26)24-16-10-6-5-7-11-16/h5-15,19H,4H2,1-3H3,(H,24,26)/t14-,15+,19-/m0/s1. The molecule has 1 aliphatic rings. The van der Waals surface area contributed by atoms with E-state index < -0.39 is 35.8 Å². The highest BCUT2D eigenvalue weighted by Gasteiger charge is 2.45. The Bertz CT molecular complexity index is 938. The number of para-hydroxylation sites is 1. The maximum Gasteiger partial charge on any atom is 0.330 e. The molecule has 0 aromatic heterocycles. The van der Waals surface area contributed by atoms with Gasteiger partial charge >= 0.3 is 5.97 Å². The van der Waals surface area contributed by atoms with Gasteiger partial charge in [-0.2, -0.15) is 0 Å². The first-order valence-corrected chi connectivity index (χ1v) is 9.88. The number of esters is 1. The molecule has 3 amide bonds. The lowest BCUT2D eigenvalue weighted by atomic mass is 9.97. The van der Waals surface area contributed by atoms with Gasteiger partial charge in [0.2, 0.25) is 0 Å². The van der Waals surface area contributed by atoms with Crippen molar-refractivity contribution < 1.29 is 23.9 Å². The van der Waals surface area contributed by atoms with Gasteiger partial charge in [0.1, 0.15) is 6.04 Å². The molecule has 7 heteroatoms. The van der Waals surface area contributed by atoms with E-state index in [1.165, 1.54) is 6.92 Å². The maximum atomic E-state index is 13.0. The maximum absolute atomic E-state index is 13.0. The van der Waals surface area contributed by atoms with Crippen molar-refractivity contribution >= 4 is 29.4 Å². The van der Waals surface area contributed by atoms with Crippen LogP contribution in [0.1, 0.15) is 47.9 Å². The summed E-state index contributed by atoms with van der Waals surface area (Å²) in [5, 5.41) is 2.67. The van der Waals surface area contributed by atoms with Crippen LogP contribution in [0.25, 0.3) is 0 Å². The van der Waals surface area contributed by atoms with Gasteiger partial charge in [0.05, 0.1) is 11.1 Å². The second-order valence-electron chi connectivity index (χ2n) is 7.29. The highest BCUT2D eigenvalue weighted by molar-refractivity contribution is 6.22. The summed E-state index contributed by atoms with van der Waals surface area (Å²) in [5.41, 5.74) is 1.10. The average molecular weight is 408 g/mol. The second-order valence-corrected chi connectivity index (χ2v) is 7.29. The number of carbonyl (C=O) groups excluding carboxylic acids is 4. The van der Waals surface area contributed by atoms with Crippen LogP contribution < -0.4 is 5.32 Å². The van der Waals surface area contributed by atoms with E-state index in [0.717, 1.165) is 4.90 Å². The molecule has 7 nitrogen and oxygen atoms in total. The summed E-state index contributed by atoms with van der Waals surface area (Å²) < 4.78 is 5.38. The Balaban J connectivity index is 1.78. The van der Waals surface area contributed by atoms with Crippen molar-refractivity contribution in [2.24, 2.45) is 5.92 Å². The summed E-state index contributed by atoms with van der Waals surface area (Å²) >= 11 is 0. The third-order valence-electron chi connectivity index (χ3n) is 5.23. The number of benzene rings is 2. The molecule has 2 aromatic carbocycles. The van der Waals surface area contributed by atoms with Gasteiger partial charge in [-0.15, -0.1) is 0 Å². The van der Waals surface area contributed by atoms with E-state index in [4.69, 9.17) is 4.74 Å². The van der Waals surface area contributed by atoms with Gasteiger partial charge in [-0.25, -0.2) is 4.79 Å². The summed E-state index contributed by atoms with van der Waals surface area (Å²) in [5.74, 6) is -2.68. The molecule has 0 spiro atoms. The number of anilines is 1. The molecule has 0 radical (unpaired) electrons. The predicted octanol–water partition coefficient (Wildman–Crippen LogP) is 3.27. The Morgan fingerprint density at radius 3 is 2.00 bits per heavy atom. The average Bonchev–Trinajstić information content (AvgIpc) is 3.00. The summed E-state index contributed by atoms with van der Waals surface area (Å²) in [6.45, 7) is 5.07. The Morgan fingerprint density at radius 1 is 0.933 bits per heavy atom. The fraction of sp³-hybridized carbons (Fsp3) is 0.304. The third-order valence-corrected chi connectivity index (χ3v) is 5.23. The normalized spacial score (nSPS) is 15.9. The van der Waals surface area contributed by atoms with E-state index >= 15 is 0 Å². The van der Waals surface area contributed by atoms with Gasteiger partial charge in [-0.05, 0) is 37.1 Å². The zero-order valence-corrected chi connectivity index (χ0v) is 17.1. The van der Waals surface area contributed by atoms with Crippen LogP contribution in [0.5, 0.6) is 0 Å². The third kappa shape index (κ3) is 4.10. The summed E-state index contributed by atoms with van der Waals surface area (Å²) in [6.07, 6.45) is -0.558. The van der Waals surface area contributed by atoms with E-state index in [1.54, 1.807) is 55.5 Å². The molecule has 0 bridgehead atoms. The lowest BCUT2D eigenvalue weighted by Crippen LogP contribution is -2.50. The smallest absolute Gasteiger partial charge is 0.330 e. The van der Waals surface area contributed by atoms with Crippen LogP contribution in [-0.2, 0) is 14.3 Å². The van der Waals surface area contributed by atoms with E-state index in [9.17, 15) is 19.2 Å². The van der Waals surface area contributed by atoms with Gasteiger partial charge in [0.25, 0.3) is 17.7 Å². The second kappa shape index (κ2) is 8.90. The molecule has 2 aromatic rings. The quantitative estimate of drug-likeness (QED) is 0.561. The number of hydrogen-bond donors (Lipinski definition) is 1. The number of rotatable bonds is 7. The van der Waals surface area contributed by atoms with E-state index in [-0.39, 0.29) is 17.0 Å². The molecule has 0 saturated heterocycles.